The third-order valence-corrected chi connectivity index (χ3v) is 10.9. The molecule has 4 fully saturated rings. The summed E-state index contributed by atoms with van der Waals surface area (Å²) in [5.41, 5.74) is 0.315. The minimum Gasteiger partial charge on any atom is -0.493 e. The fraction of sp³-hybridized carbons (Fsp3) is 0.741. The number of nitrogens with zero attached hydrogens (tertiary/aromatic N) is 2. The van der Waals surface area contributed by atoms with Crippen molar-refractivity contribution < 1.29 is 19.3 Å². The molecule has 1 saturated heterocycles. The van der Waals surface area contributed by atoms with E-state index in [0.29, 0.717) is 0 Å². The summed E-state index contributed by atoms with van der Waals surface area (Å²) in [6.45, 7) is 9.05. The van der Waals surface area contributed by atoms with E-state index < -0.39 is 11.2 Å². The molecule has 7 atom stereocenters. The van der Waals surface area contributed by atoms with Gasteiger partial charge in [0.1, 0.15) is 11.7 Å². The van der Waals surface area contributed by atoms with E-state index in [9.17, 15) is 10.4 Å². The molecule has 1 aromatic rings. The normalized spacial score (nSPS) is 41.6. The van der Waals surface area contributed by atoms with E-state index >= 15 is 0 Å². The second-order valence-corrected chi connectivity index (χ2v) is 12.3. The number of hydrogen-bond donors (Lipinski definition) is 1. The molecule has 33 heavy (non-hydrogen) atoms. The Hall–Kier alpha value is -1.97. The van der Waals surface area contributed by atoms with Crippen LogP contribution in [0.1, 0.15) is 64.5 Å². The maximum Gasteiger partial charge on any atom is 0.179 e. The highest BCUT2D eigenvalue weighted by Crippen LogP contribution is 2.77. The molecular weight excluding hydrogens is 416 g/mol. The summed E-state index contributed by atoms with van der Waals surface area (Å²) in [4.78, 5) is 2.03. The Kier molecular flexibility index (Phi) is 4.03. The van der Waals surface area contributed by atoms with Crippen LogP contribution >= 0.6 is 0 Å². The van der Waals surface area contributed by atoms with E-state index in [1.807, 2.05) is 17.9 Å². The molecule has 0 unspecified atom stereocenters. The van der Waals surface area contributed by atoms with Gasteiger partial charge in [0, 0.05) is 42.0 Å². The highest BCUT2D eigenvalue weighted by atomic mass is 16.6. The van der Waals surface area contributed by atoms with Crippen molar-refractivity contribution in [2.45, 2.75) is 88.6 Å². The summed E-state index contributed by atoms with van der Waals surface area (Å²) in [6.07, 6.45) is 6.68. The third-order valence-electron chi connectivity index (χ3n) is 10.9. The van der Waals surface area contributed by atoms with Crippen LogP contribution in [-0.2, 0) is 16.6 Å². The summed E-state index contributed by atoms with van der Waals surface area (Å²) in [5, 5.41) is 22.2. The van der Waals surface area contributed by atoms with E-state index in [4.69, 9.17) is 14.2 Å². The highest BCUT2D eigenvalue weighted by molar-refractivity contribution is 5.63. The van der Waals surface area contributed by atoms with Crippen LogP contribution < -0.4 is 9.47 Å². The number of ether oxygens (including phenoxy) is 3. The van der Waals surface area contributed by atoms with E-state index in [-0.39, 0.29) is 34.3 Å². The van der Waals surface area contributed by atoms with Gasteiger partial charge in [0.05, 0.1) is 12.7 Å². The van der Waals surface area contributed by atoms with Crippen LogP contribution in [0, 0.1) is 28.2 Å². The molecule has 4 bridgehead atoms. The summed E-state index contributed by atoms with van der Waals surface area (Å²) < 4.78 is 19.3. The van der Waals surface area contributed by atoms with Gasteiger partial charge in [-0.25, -0.2) is 0 Å². The molecular formula is C27H36N2O4. The Bertz CT molecular complexity index is 1070. The number of nitriles is 1. The molecule has 1 N–H and O–H groups in total. The Balaban J connectivity index is 1.66. The van der Waals surface area contributed by atoms with Gasteiger partial charge < -0.3 is 24.2 Å². The molecule has 2 spiro atoms. The summed E-state index contributed by atoms with van der Waals surface area (Å²) in [7, 11) is 3.50. The monoisotopic (exact) mass is 452 g/mol. The standard InChI is InChI=1S/C27H36N2O4/c1-23(2,3)24(4,30)18-14-25-9-10-27(18,32-6)22-26(25)11-12-29(15-28)19(25)13-16-7-8-17(31-5)21(33-22)20(16)26/h7-8,18-19,22,30H,9-14H2,1-6H3/t18-,19+,22+,24-,25+,26-,27+/m0/s1. The molecule has 0 aromatic heterocycles. The van der Waals surface area contributed by atoms with Crippen molar-refractivity contribution >= 4 is 0 Å². The highest BCUT2D eigenvalue weighted by Gasteiger charge is 2.82. The van der Waals surface area contributed by atoms with Gasteiger partial charge in [-0.2, -0.15) is 5.26 Å². The van der Waals surface area contributed by atoms with Crippen LogP contribution in [0.2, 0.25) is 0 Å². The van der Waals surface area contributed by atoms with Crippen molar-refractivity contribution in [1.29, 1.82) is 5.26 Å². The average Bonchev–Trinajstić information content (AvgIpc) is 3.15. The first-order valence-corrected chi connectivity index (χ1v) is 12.3. The number of rotatable bonds is 3. The van der Waals surface area contributed by atoms with Gasteiger partial charge in [-0.1, -0.05) is 26.8 Å². The van der Waals surface area contributed by atoms with Crippen molar-refractivity contribution in [3.8, 4) is 17.7 Å². The topological polar surface area (TPSA) is 75.0 Å². The predicted molar refractivity (Wildman–Crippen MR) is 123 cm³/mol. The first kappa shape index (κ1) is 21.6. The molecule has 2 aliphatic heterocycles. The lowest BCUT2D eigenvalue weighted by atomic mass is 9.33. The first-order chi connectivity index (χ1) is 15.5. The zero-order valence-corrected chi connectivity index (χ0v) is 20.7. The second kappa shape index (κ2) is 6.17. The molecule has 4 aliphatic carbocycles. The number of piperidine rings is 1. The Morgan fingerprint density at radius 2 is 1.94 bits per heavy atom. The van der Waals surface area contributed by atoms with Crippen molar-refractivity contribution in [3.05, 3.63) is 23.3 Å². The smallest absolute Gasteiger partial charge is 0.179 e. The van der Waals surface area contributed by atoms with Crippen molar-refractivity contribution in [1.82, 2.24) is 4.90 Å². The predicted octanol–water partition coefficient (Wildman–Crippen LogP) is 3.79. The third kappa shape index (κ3) is 2.10. The fourth-order valence-corrected chi connectivity index (χ4v) is 8.91. The molecule has 7 rings (SSSR count). The maximum absolute atomic E-state index is 12.1. The van der Waals surface area contributed by atoms with Gasteiger partial charge in [0.2, 0.25) is 0 Å². The molecule has 1 aromatic carbocycles. The molecule has 0 amide bonds. The number of likely N-dealkylation sites (tertiary alicyclic amines) is 1. The van der Waals surface area contributed by atoms with Gasteiger partial charge >= 0.3 is 0 Å². The number of methoxy groups -OCH3 is 2. The lowest BCUT2D eigenvalue weighted by Crippen LogP contribution is -2.83. The Labute approximate surface area is 196 Å². The van der Waals surface area contributed by atoms with Crippen molar-refractivity contribution in [2.24, 2.45) is 16.7 Å². The van der Waals surface area contributed by atoms with Gasteiger partial charge in [-0.05, 0) is 56.1 Å². The molecule has 6 aliphatic rings. The largest absolute Gasteiger partial charge is 0.493 e. The van der Waals surface area contributed by atoms with Gasteiger partial charge in [0.15, 0.2) is 17.7 Å². The van der Waals surface area contributed by atoms with Gasteiger partial charge in [-0.3, -0.25) is 0 Å². The van der Waals surface area contributed by atoms with E-state index in [0.717, 1.165) is 50.1 Å². The van der Waals surface area contributed by atoms with E-state index in [1.54, 1.807) is 14.2 Å². The fourth-order valence-electron chi connectivity index (χ4n) is 8.91. The second-order valence-electron chi connectivity index (χ2n) is 12.3. The quantitative estimate of drug-likeness (QED) is 0.704. The van der Waals surface area contributed by atoms with Gasteiger partial charge in [-0.15, -0.1) is 0 Å². The van der Waals surface area contributed by atoms with Crippen LogP contribution in [0.5, 0.6) is 11.5 Å². The molecule has 6 nitrogen and oxygen atoms in total. The van der Waals surface area contributed by atoms with Crippen LogP contribution in [0.25, 0.3) is 0 Å². The Morgan fingerprint density at radius 1 is 1.18 bits per heavy atom. The van der Waals surface area contributed by atoms with Gasteiger partial charge in [0.25, 0.3) is 0 Å². The summed E-state index contributed by atoms with van der Waals surface area (Å²) in [5.74, 6) is 1.54. The Morgan fingerprint density at radius 3 is 2.58 bits per heavy atom. The van der Waals surface area contributed by atoms with E-state index in [2.05, 4.69) is 33.0 Å². The number of hydrogen-bond acceptors (Lipinski definition) is 6. The zero-order valence-electron chi connectivity index (χ0n) is 20.7. The molecule has 178 valence electrons. The summed E-state index contributed by atoms with van der Waals surface area (Å²) in [6, 6.07) is 4.30. The molecule has 2 heterocycles. The minimum atomic E-state index is -0.966. The number of fused-ring (bicyclic) bond motifs is 2. The first-order valence-electron chi connectivity index (χ1n) is 12.3. The average molecular weight is 453 g/mol. The summed E-state index contributed by atoms with van der Waals surface area (Å²) >= 11 is 0. The molecule has 6 heteroatoms. The van der Waals surface area contributed by atoms with Crippen LogP contribution in [0.3, 0.4) is 0 Å². The van der Waals surface area contributed by atoms with Crippen molar-refractivity contribution in [3.63, 3.8) is 0 Å². The van der Waals surface area contributed by atoms with Crippen LogP contribution in [0.15, 0.2) is 12.1 Å². The van der Waals surface area contributed by atoms with E-state index in [1.165, 1.54) is 11.1 Å². The minimum absolute atomic E-state index is 0.107. The number of aliphatic hydroxyl groups is 1. The lowest BCUT2D eigenvalue weighted by molar-refractivity contribution is -0.309. The van der Waals surface area contributed by atoms with Crippen LogP contribution in [-0.4, -0.2) is 54.1 Å². The zero-order chi connectivity index (χ0) is 23.6. The number of benzene rings is 1. The molecule has 3 saturated carbocycles. The maximum atomic E-state index is 12.1. The van der Waals surface area contributed by atoms with Crippen molar-refractivity contribution in [2.75, 3.05) is 20.8 Å². The van der Waals surface area contributed by atoms with Crippen LogP contribution in [0.4, 0.5) is 0 Å². The lowest BCUT2D eigenvalue weighted by Gasteiger charge is -2.75. The SMILES string of the molecule is COc1ccc2c3c1O[C@H]1[C@@]4(OC)CC[C@@]5(C[C@H]4[C@](C)(O)C(C)(C)C)[C@@H](C2)N(C#N)CC[C@]315. The molecule has 0 radical (unpaired) electrons.